The van der Waals surface area contributed by atoms with Gasteiger partial charge in [0.2, 0.25) is 5.78 Å². The Bertz CT molecular complexity index is 767. The number of hydrogen-bond acceptors (Lipinski definition) is 3. The minimum Gasteiger partial charge on any atom is -0.458 e. The standard InChI is InChI=1S/C22H23NO2/c1-17-13-14-21(25-17)22(24)18(2)23(15-19-9-5-3-6-10-19)16-20-11-7-4-8-12-20/h3-14,18H,15-16H2,1-2H3. The van der Waals surface area contributed by atoms with Crippen molar-refractivity contribution in [2.75, 3.05) is 0 Å². The predicted octanol–water partition coefficient (Wildman–Crippen LogP) is 4.86. The van der Waals surface area contributed by atoms with Crippen molar-refractivity contribution in [3.8, 4) is 0 Å². The molecule has 1 unspecified atom stereocenters. The maximum absolute atomic E-state index is 12.8. The van der Waals surface area contributed by atoms with Gasteiger partial charge in [-0.1, -0.05) is 60.7 Å². The lowest BCUT2D eigenvalue weighted by Gasteiger charge is -2.28. The van der Waals surface area contributed by atoms with E-state index in [0.29, 0.717) is 18.8 Å². The maximum atomic E-state index is 12.8. The van der Waals surface area contributed by atoms with E-state index in [2.05, 4.69) is 29.2 Å². The van der Waals surface area contributed by atoms with Gasteiger partial charge >= 0.3 is 0 Å². The Hall–Kier alpha value is -2.65. The predicted molar refractivity (Wildman–Crippen MR) is 99.4 cm³/mol. The van der Waals surface area contributed by atoms with Gasteiger partial charge in [0.1, 0.15) is 5.76 Å². The van der Waals surface area contributed by atoms with Crippen LogP contribution in [0.25, 0.3) is 0 Å². The van der Waals surface area contributed by atoms with Crippen molar-refractivity contribution in [3.63, 3.8) is 0 Å². The van der Waals surface area contributed by atoms with E-state index >= 15 is 0 Å². The molecule has 3 nitrogen and oxygen atoms in total. The molecule has 1 aromatic heterocycles. The van der Waals surface area contributed by atoms with E-state index in [1.165, 1.54) is 11.1 Å². The zero-order valence-corrected chi connectivity index (χ0v) is 14.7. The van der Waals surface area contributed by atoms with Crippen LogP contribution in [-0.2, 0) is 13.1 Å². The molecule has 1 heterocycles. The summed E-state index contributed by atoms with van der Waals surface area (Å²) in [6.07, 6.45) is 0. The summed E-state index contributed by atoms with van der Waals surface area (Å²) in [4.78, 5) is 15.0. The van der Waals surface area contributed by atoms with E-state index < -0.39 is 0 Å². The third-order valence-corrected chi connectivity index (χ3v) is 4.37. The van der Waals surface area contributed by atoms with Crippen molar-refractivity contribution < 1.29 is 9.21 Å². The van der Waals surface area contributed by atoms with Crippen LogP contribution in [0.2, 0.25) is 0 Å². The Kier molecular flexibility index (Phi) is 5.46. The van der Waals surface area contributed by atoms with Gasteiger partial charge in [0.25, 0.3) is 0 Å². The number of nitrogens with zero attached hydrogens (tertiary/aromatic N) is 1. The van der Waals surface area contributed by atoms with Gasteiger partial charge in [-0.05, 0) is 37.1 Å². The van der Waals surface area contributed by atoms with E-state index in [1.807, 2.05) is 56.3 Å². The zero-order valence-electron chi connectivity index (χ0n) is 14.7. The van der Waals surface area contributed by atoms with Gasteiger partial charge < -0.3 is 4.42 Å². The topological polar surface area (TPSA) is 33.5 Å². The molecule has 3 heteroatoms. The second-order valence-corrected chi connectivity index (χ2v) is 6.33. The van der Waals surface area contributed by atoms with Gasteiger partial charge in [-0.3, -0.25) is 9.69 Å². The molecule has 0 amide bonds. The fourth-order valence-electron chi connectivity index (χ4n) is 2.90. The summed E-state index contributed by atoms with van der Waals surface area (Å²) < 4.78 is 5.54. The van der Waals surface area contributed by atoms with Crippen LogP contribution < -0.4 is 0 Å². The fourth-order valence-corrected chi connectivity index (χ4v) is 2.90. The van der Waals surface area contributed by atoms with E-state index in [9.17, 15) is 4.79 Å². The molecule has 25 heavy (non-hydrogen) atoms. The number of aryl methyl sites for hydroxylation is 1. The summed E-state index contributed by atoms with van der Waals surface area (Å²) in [6, 6.07) is 23.8. The van der Waals surface area contributed by atoms with Gasteiger partial charge in [-0.25, -0.2) is 0 Å². The molecular weight excluding hydrogens is 310 g/mol. The van der Waals surface area contributed by atoms with Crippen molar-refractivity contribution in [3.05, 3.63) is 95.4 Å². The zero-order chi connectivity index (χ0) is 17.6. The van der Waals surface area contributed by atoms with Crippen LogP contribution in [0.15, 0.2) is 77.2 Å². The van der Waals surface area contributed by atoms with Gasteiger partial charge in [0.15, 0.2) is 5.76 Å². The molecule has 0 saturated carbocycles. The maximum Gasteiger partial charge on any atom is 0.214 e. The van der Waals surface area contributed by atoms with Crippen molar-refractivity contribution in [2.24, 2.45) is 0 Å². The molecule has 3 rings (SSSR count). The van der Waals surface area contributed by atoms with E-state index in [0.717, 1.165) is 5.76 Å². The smallest absolute Gasteiger partial charge is 0.214 e. The van der Waals surface area contributed by atoms with Crippen molar-refractivity contribution >= 4 is 5.78 Å². The molecule has 0 aliphatic heterocycles. The first-order chi connectivity index (χ1) is 12.1. The summed E-state index contributed by atoms with van der Waals surface area (Å²) >= 11 is 0. The third-order valence-electron chi connectivity index (χ3n) is 4.37. The van der Waals surface area contributed by atoms with Gasteiger partial charge in [-0.2, -0.15) is 0 Å². The second kappa shape index (κ2) is 7.95. The molecule has 0 aliphatic carbocycles. The number of ketones is 1. The molecule has 0 bridgehead atoms. The molecule has 0 N–H and O–H groups in total. The third kappa shape index (κ3) is 4.46. The molecule has 128 valence electrons. The van der Waals surface area contributed by atoms with Crippen molar-refractivity contribution in [1.82, 2.24) is 4.90 Å². The molecule has 0 radical (unpaired) electrons. The molecule has 0 spiro atoms. The van der Waals surface area contributed by atoms with Crippen LogP contribution in [-0.4, -0.2) is 16.7 Å². The van der Waals surface area contributed by atoms with Crippen LogP contribution in [0.1, 0.15) is 34.4 Å². The van der Waals surface area contributed by atoms with E-state index in [1.54, 1.807) is 6.07 Å². The Morgan fingerprint density at radius 2 is 1.40 bits per heavy atom. The summed E-state index contributed by atoms with van der Waals surface area (Å²) in [5.74, 6) is 1.20. The quantitative estimate of drug-likeness (QED) is 0.579. The summed E-state index contributed by atoms with van der Waals surface area (Å²) in [7, 11) is 0. The lowest BCUT2D eigenvalue weighted by atomic mass is 10.1. The molecule has 1 atom stereocenters. The van der Waals surface area contributed by atoms with Gasteiger partial charge in [0.05, 0.1) is 6.04 Å². The normalized spacial score (nSPS) is 12.3. The highest BCUT2D eigenvalue weighted by Gasteiger charge is 2.25. The lowest BCUT2D eigenvalue weighted by Crippen LogP contribution is -2.38. The van der Waals surface area contributed by atoms with Crippen LogP contribution in [0.4, 0.5) is 0 Å². The minimum atomic E-state index is -0.272. The Labute approximate surface area is 148 Å². The average Bonchev–Trinajstić information content (AvgIpc) is 3.08. The first kappa shape index (κ1) is 17.2. The molecule has 0 aliphatic rings. The molecule has 3 aromatic rings. The summed E-state index contributed by atoms with van der Waals surface area (Å²) in [5, 5.41) is 0. The number of carbonyl (C=O) groups is 1. The summed E-state index contributed by atoms with van der Waals surface area (Å²) in [6.45, 7) is 5.23. The number of hydrogen-bond donors (Lipinski definition) is 0. The number of rotatable bonds is 7. The van der Waals surface area contributed by atoms with Crippen LogP contribution in [0.3, 0.4) is 0 Å². The Morgan fingerprint density at radius 1 is 0.880 bits per heavy atom. The molecule has 0 saturated heterocycles. The highest BCUT2D eigenvalue weighted by molar-refractivity contribution is 5.97. The summed E-state index contributed by atoms with van der Waals surface area (Å²) in [5.41, 5.74) is 2.38. The Balaban J connectivity index is 1.82. The van der Waals surface area contributed by atoms with E-state index in [-0.39, 0.29) is 11.8 Å². The minimum absolute atomic E-state index is 0.0139. The van der Waals surface area contributed by atoms with E-state index in [4.69, 9.17) is 4.42 Å². The SMILES string of the molecule is Cc1ccc(C(=O)C(C)N(Cc2ccccc2)Cc2ccccc2)o1. The van der Waals surface area contributed by atoms with Crippen molar-refractivity contribution in [1.29, 1.82) is 0 Å². The van der Waals surface area contributed by atoms with Crippen molar-refractivity contribution in [2.45, 2.75) is 33.0 Å². The largest absolute Gasteiger partial charge is 0.458 e. The fraction of sp³-hybridized carbons (Fsp3) is 0.227. The van der Waals surface area contributed by atoms with Crippen LogP contribution in [0.5, 0.6) is 0 Å². The Morgan fingerprint density at radius 3 is 1.84 bits per heavy atom. The lowest BCUT2D eigenvalue weighted by molar-refractivity contribution is 0.0786. The highest BCUT2D eigenvalue weighted by atomic mass is 16.3. The number of benzene rings is 2. The molecule has 0 fully saturated rings. The number of furan rings is 1. The first-order valence-corrected chi connectivity index (χ1v) is 8.56. The van der Waals surface area contributed by atoms with Crippen LogP contribution in [0, 0.1) is 6.92 Å². The van der Waals surface area contributed by atoms with Crippen LogP contribution >= 0.6 is 0 Å². The number of Topliss-reactive ketones (excluding diaryl/α,β-unsaturated/α-hetero) is 1. The first-order valence-electron chi connectivity index (χ1n) is 8.56. The van der Waals surface area contributed by atoms with Gasteiger partial charge in [-0.15, -0.1) is 0 Å². The monoisotopic (exact) mass is 333 g/mol. The second-order valence-electron chi connectivity index (χ2n) is 6.33. The van der Waals surface area contributed by atoms with Gasteiger partial charge in [0, 0.05) is 13.1 Å². The average molecular weight is 333 g/mol. The highest BCUT2D eigenvalue weighted by Crippen LogP contribution is 2.18. The molecular formula is C22H23NO2. The number of carbonyl (C=O) groups excluding carboxylic acids is 1. The molecule has 2 aromatic carbocycles.